The molecular formula is C23H26FN5O3S. The molecule has 0 amide bonds. The highest BCUT2D eigenvalue weighted by atomic mass is 32.2. The summed E-state index contributed by atoms with van der Waals surface area (Å²) < 4.78 is 31.2. The zero-order chi connectivity index (χ0) is 22.6. The molecule has 0 saturated carbocycles. The van der Waals surface area contributed by atoms with Crippen LogP contribution in [0.3, 0.4) is 0 Å². The van der Waals surface area contributed by atoms with Gasteiger partial charge in [-0.3, -0.25) is 14.9 Å². The number of hydrogen-bond acceptors (Lipinski definition) is 9. The predicted octanol–water partition coefficient (Wildman–Crippen LogP) is 2.65. The summed E-state index contributed by atoms with van der Waals surface area (Å²) in [6, 6.07) is 5.62. The van der Waals surface area contributed by atoms with Gasteiger partial charge in [-0.2, -0.15) is 0 Å². The molecule has 0 spiro atoms. The number of thioether (sulfide) groups is 1. The second-order valence-electron chi connectivity index (χ2n) is 8.01. The van der Waals surface area contributed by atoms with Crippen LogP contribution in [-0.2, 0) is 17.7 Å². The van der Waals surface area contributed by atoms with Crippen LogP contribution in [-0.4, -0.2) is 71.8 Å². The molecule has 0 aromatic carbocycles. The highest BCUT2D eigenvalue weighted by Crippen LogP contribution is 2.35. The summed E-state index contributed by atoms with van der Waals surface area (Å²) in [5.41, 5.74) is 2.79. The minimum Gasteiger partial charge on any atom is -0.481 e. The van der Waals surface area contributed by atoms with Gasteiger partial charge in [0, 0.05) is 44.4 Å². The van der Waals surface area contributed by atoms with Gasteiger partial charge in [0.1, 0.15) is 11.8 Å². The van der Waals surface area contributed by atoms with Crippen LogP contribution in [0.15, 0.2) is 35.5 Å². The van der Waals surface area contributed by atoms with Gasteiger partial charge in [-0.05, 0) is 18.6 Å². The number of methoxy groups -OCH3 is 1. The number of nitrogens with one attached hydrogen (secondary N) is 1. The molecule has 3 aromatic rings. The molecule has 0 bridgehead atoms. The fraction of sp³-hybridized carbons (Fsp3) is 0.435. The zero-order valence-corrected chi connectivity index (χ0v) is 19.2. The average molecular weight is 472 g/mol. The second kappa shape index (κ2) is 10.2. The Balaban J connectivity index is 1.15. The number of nitrogens with zero attached hydrogens (tertiary/aromatic N) is 4. The van der Waals surface area contributed by atoms with E-state index in [1.165, 1.54) is 6.20 Å². The van der Waals surface area contributed by atoms with E-state index in [1.54, 1.807) is 31.1 Å². The maximum absolute atomic E-state index is 14.6. The fourth-order valence-corrected chi connectivity index (χ4v) is 4.89. The van der Waals surface area contributed by atoms with Crippen molar-refractivity contribution in [3.63, 3.8) is 0 Å². The van der Waals surface area contributed by atoms with Crippen LogP contribution in [0.25, 0.3) is 11.0 Å². The van der Waals surface area contributed by atoms with Gasteiger partial charge in [0.05, 0.1) is 53.8 Å². The minimum atomic E-state index is -0.333. The second-order valence-corrected chi connectivity index (χ2v) is 8.97. The molecule has 8 nitrogen and oxygen atoms in total. The molecule has 1 N–H and O–H groups in total. The Morgan fingerprint density at radius 1 is 1.30 bits per heavy atom. The Hall–Kier alpha value is -2.53. The molecule has 5 heterocycles. The molecule has 174 valence electrons. The van der Waals surface area contributed by atoms with E-state index in [-0.39, 0.29) is 11.9 Å². The Morgan fingerprint density at radius 2 is 2.24 bits per heavy atom. The summed E-state index contributed by atoms with van der Waals surface area (Å²) in [6.45, 7) is 4.39. The maximum Gasteiger partial charge on any atom is 0.213 e. The lowest BCUT2D eigenvalue weighted by Crippen LogP contribution is -2.47. The Bertz CT molecular complexity index is 1130. The van der Waals surface area contributed by atoms with Gasteiger partial charge in [0.2, 0.25) is 5.88 Å². The van der Waals surface area contributed by atoms with Crippen LogP contribution < -0.4 is 14.8 Å². The van der Waals surface area contributed by atoms with Crippen molar-refractivity contribution in [1.82, 2.24) is 25.2 Å². The van der Waals surface area contributed by atoms with E-state index in [0.717, 1.165) is 42.5 Å². The van der Waals surface area contributed by atoms with E-state index in [4.69, 9.17) is 14.2 Å². The van der Waals surface area contributed by atoms with Crippen molar-refractivity contribution in [2.45, 2.75) is 24.0 Å². The van der Waals surface area contributed by atoms with Crippen LogP contribution in [0.4, 0.5) is 4.39 Å². The molecule has 3 aromatic heterocycles. The van der Waals surface area contributed by atoms with Crippen molar-refractivity contribution in [3.8, 4) is 11.6 Å². The molecule has 5 rings (SSSR count). The highest BCUT2D eigenvalue weighted by Gasteiger charge is 2.21. The van der Waals surface area contributed by atoms with Gasteiger partial charge >= 0.3 is 0 Å². The van der Waals surface area contributed by atoms with Crippen LogP contribution >= 0.6 is 11.8 Å². The topological polar surface area (TPSA) is 81.6 Å². The minimum absolute atomic E-state index is 0.0723. The summed E-state index contributed by atoms with van der Waals surface area (Å²) in [5.74, 6) is 1.64. The van der Waals surface area contributed by atoms with E-state index in [2.05, 4.69) is 31.2 Å². The lowest BCUT2D eigenvalue weighted by Gasteiger charge is -2.33. The van der Waals surface area contributed by atoms with Crippen LogP contribution in [0.5, 0.6) is 11.6 Å². The Labute approximate surface area is 195 Å². The molecule has 1 atom stereocenters. The van der Waals surface area contributed by atoms with E-state index in [9.17, 15) is 4.39 Å². The van der Waals surface area contributed by atoms with Gasteiger partial charge in [-0.1, -0.05) is 11.8 Å². The molecule has 2 aliphatic heterocycles. The number of aromatic nitrogens is 3. The summed E-state index contributed by atoms with van der Waals surface area (Å²) in [4.78, 5) is 16.5. The number of hydrogen-bond donors (Lipinski definition) is 1. The lowest BCUT2D eigenvalue weighted by molar-refractivity contribution is -0.0268. The van der Waals surface area contributed by atoms with E-state index in [0.29, 0.717) is 48.0 Å². The van der Waals surface area contributed by atoms with Crippen LogP contribution in [0.1, 0.15) is 11.3 Å². The van der Waals surface area contributed by atoms with Crippen molar-refractivity contribution in [1.29, 1.82) is 0 Å². The van der Waals surface area contributed by atoms with Gasteiger partial charge in [0.15, 0.2) is 5.75 Å². The van der Waals surface area contributed by atoms with Crippen molar-refractivity contribution >= 4 is 22.8 Å². The number of ether oxygens (including phenoxy) is 3. The van der Waals surface area contributed by atoms with E-state index in [1.807, 2.05) is 6.07 Å². The first kappa shape index (κ1) is 22.3. The molecule has 0 aliphatic carbocycles. The Kier molecular flexibility index (Phi) is 6.86. The summed E-state index contributed by atoms with van der Waals surface area (Å²) in [5, 5.41) is 3.45. The number of pyridine rings is 3. The van der Waals surface area contributed by atoms with Crippen molar-refractivity contribution in [2.75, 3.05) is 45.8 Å². The molecular weight excluding hydrogens is 445 g/mol. The average Bonchev–Trinajstić information content (AvgIpc) is 3.31. The molecule has 33 heavy (non-hydrogen) atoms. The highest BCUT2D eigenvalue weighted by molar-refractivity contribution is 7.99. The monoisotopic (exact) mass is 471 g/mol. The number of morpholine rings is 1. The van der Waals surface area contributed by atoms with Gasteiger partial charge in [-0.25, -0.2) is 9.37 Å². The molecule has 2 aliphatic rings. The molecule has 0 unspecified atom stereocenters. The maximum atomic E-state index is 14.6. The van der Waals surface area contributed by atoms with Crippen molar-refractivity contribution in [3.05, 3.63) is 47.7 Å². The molecule has 1 saturated heterocycles. The predicted molar refractivity (Wildman–Crippen MR) is 123 cm³/mol. The smallest absolute Gasteiger partial charge is 0.213 e. The summed E-state index contributed by atoms with van der Waals surface area (Å²) in [6.07, 6.45) is 3.68. The van der Waals surface area contributed by atoms with Crippen molar-refractivity contribution < 1.29 is 18.6 Å². The van der Waals surface area contributed by atoms with E-state index < -0.39 is 0 Å². The fourth-order valence-electron chi connectivity index (χ4n) is 4.11. The van der Waals surface area contributed by atoms with Crippen LogP contribution in [0, 0.1) is 5.82 Å². The Morgan fingerprint density at radius 3 is 3.15 bits per heavy atom. The van der Waals surface area contributed by atoms with Gasteiger partial charge in [0.25, 0.3) is 0 Å². The van der Waals surface area contributed by atoms with Gasteiger partial charge in [-0.15, -0.1) is 0 Å². The standard InChI is InChI=1S/C23H26FN5O3S/c1-30-22-3-2-19-23(28-22)17(18(24)11-27-19)4-5-29-6-7-31-16(13-29)10-25-9-15-8-21-20(12-26-15)32-14-33-21/h2-3,8,11-12,16,25H,4-7,9-10,13-14H2,1H3/t16-/m0/s1. The van der Waals surface area contributed by atoms with E-state index >= 15 is 0 Å². The normalized spacial score (nSPS) is 18.3. The summed E-state index contributed by atoms with van der Waals surface area (Å²) in [7, 11) is 1.55. The number of halogens is 1. The third-order valence-corrected chi connectivity index (χ3v) is 6.71. The third kappa shape index (κ3) is 5.19. The van der Waals surface area contributed by atoms with Gasteiger partial charge < -0.3 is 19.5 Å². The molecule has 10 heteroatoms. The van der Waals surface area contributed by atoms with Crippen LogP contribution in [0.2, 0.25) is 0 Å². The first-order valence-corrected chi connectivity index (χ1v) is 12.0. The quantitative estimate of drug-likeness (QED) is 0.533. The van der Waals surface area contributed by atoms with Crippen molar-refractivity contribution in [2.24, 2.45) is 0 Å². The number of rotatable bonds is 8. The summed E-state index contributed by atoms with van der Waals surface area (Å²) >= 11 is 1.69. The first-order chi connectivity index (χ1) is 16.2. The third-order valence-electron chi connectivity index (χ3n) is 5.84. The zero-order valence-electron chi connectivity index (χ0n) is 18.4. The lowest BCUT2D eigenvalue weighted by atomic mass is 10.1. The number of fused-ring (bicyclic) bond motifs is 2. The molecule has 0 radical (unpaired) electrons. The SMILES string of the molecule is COc1ccc2ncc(F)c(CCN3CCO[C@@H](CNCc4cc5c(cn4)OCS5)C3)c2n1. The largest absolute Gasteiger partial charge is 0.481 e. The first-order valence-electron chi connectivity index (χ1n) is 11.0. The molecule has 1 fully saturated rings.